The van der Waals surface area contributed by atoms with Crippen molar-refractivity contribution < 1.29 is 13.9 Å². The average molecular weight is 392 g/mol. The highest BCUT2D eigenvalue weighted by Gasteiger charge is 2.12. The maximum absolute atomic E-state index is 13.2. The van der Waals surface area contributed by atoms with Crippen molar-refractivity contribution in [1.82, 2.24) is 4.98 Å². The first-order valence-electron chi connectivity index (χ1n) is 6.77. The number of halogens is 2. The maximum atomic E-state index is 13.2. The van der Waals surface area contributed by atoms with E-state index in [1.165, 1.54) is 23.5 Å². The number of para-hydroxylation sites is 1. The van der Waals surface area contributed by atoms with Crippen LogP contribution in [0.2, 0.25) is 0 Å². The lowest BCUT2D eigenvalue weighted by Crippen LogP contribution is -2.11. The van der Waals surface area contributed by atoms with Gasteiger partial charge in [0, 0.05) is 10.9 Å². The first-order chi connectivity index (χ1) is 11.1. The van der Waals surface area contributed by atoms with Crippen molar-refractivity contribution >= 4 is 33.2 Å². The molecule has 0 aliphatic heterocycles. The van der Waals surface area contributed by atoms with Crippen molar-refractivity contribution in [3.05, 3.63) is 69.9 Å². The number of rotatable bonds is 4. The fraction of sp³-hybridized carbons (Fsp3) is 0.0588. The van der Waals surface area contributed by atoms with Crippen LogP contribution in [-0.2, 0) is 11.2 Å². The van der Waals surface area contributed by atoms with Crippen molar-refractivity contribution in [3.63, 3.8) is 0 Å². The Kier molecular flexibility index (Phi) is 4.83. The molecule has 1 heterocycles. The summed E-state index contributed by atoms with van der Waals surface area (Å²) in [6.45, 7) is 0. The van der Waals surface area contributed by atoms with Crippen LogP contribution in [0.4, 0.5) is 4.39 Å². The Morgan fingerprint density at radius 3 is 2.83 bits per heavy atom. The Labute approximate surface area is 144 Å². The van der Waals surface area contributed by atoms with Crippen LogP contribution in [0.3, 0.4) is 0 Å². The second kappa shape index (κ2) is 7.02. The third kappa shape index (κ3) is 4.03. The SMILES string of the molecule is O=C(Cc1csc(-c2cccc(F)c2)n1)Oc1ccccc1Br. The van der Waals surface area contributed by atoms with E-state index in [2.05, 4.69) is 20.9 Å². The van der Waals surface area contributed by atoms with Gasteiger partial charge in [0.1, 0.15) is 16.6 Å². The van der Waals surface area contributed by atoms with Gasteiger partial charge in [0.2, 0.25) is 0 Å². The summed E-state index contributed by atoms with van der Waals surface area (Å²) in [7, 11) is 0. The van der Waals surface area contributed by atoms with E-state index in [4.69, 9.17) is 4.74 Å². The van der Waals surface area contributed by atoms with Crippen molar-refractivity contribution in [2.45, 2.75) is 6.42 Å². The van der Waals surface area contributed by atoms with Crippen molar-refractivity contribution in [2.75, 3.05) is 0 Å². The molecule has 3 rings (SSSR count). The molecular formula is C17H11BrFNO2S. The van der Waals surface area contributed by atoms with Crippen LogP contribution in [0.5, 0.6) is 5.75 Å². The molecular weight excluding hydrogens is 381 g/mol. The Morgan fingerprint density at radius 2 is 2.04 bits per heavy atom. The number of nitrogens with zero attached hydrogens (tertiary/aromatic N) is 1. The number of benzene rings is 2. The summed E-state index contributed by atoms with van der Waals surface area (Å²) < 4.78 is 19.3. The van der Waals surface area contributed by atoms with E-state index in [0.717, 1.165) is 0 Å². The standard InChI is InChI=1S/C17H11BrFNO2S/c18-14-6-1-2-7-15(14)22-16(21)9-13-10-23-17(20-13)11-4-3-5-12(19)8-11/h1-8,10H,9H2. The molecule has 3 nitrogen and oxygen atoms in total. The zero-order valence-electron chi connectivity index (χ0n) is 11.8. The lowest BCUT2D eigenvalue weighted by Gasteiger charge is -2.04. The van der Waals surface area contributed by atoms with Crippen molar-refractivity contribution in [3.8, 4) is 16.3 Å². The maximum Gasteiger partial charge on any atom is 0.317 e. The van der Waals surface area contributed by atoms with Crippen LogP contribution < -0.4 is 4.74 Å². The number of aromatic nitrogens is 1. The Bertz CT molecular complexity index is 850. The number of carbonyl (C=O) groups is 1. The van der Waals surface area contributed by atoms with Gasteiger partial charge in [-0.2, -0.15) is 0 Å². The summed E-state index contributed by atoms with van der Waals surface area (Å²) in [5.41, 5.74) is 1.30. The predicted octanol–water partition coefficient (Wildman–Crippen LogP) is 4.86. The number of esters is 1. The van der Waals surface area contributed by atoms with E-state index in [1.54, 1.807) is 35.7 Å². The van der Waals surface area contributed by atoms with E-state index in [1.807, 2.05) is 6.07 Å². The molecule has 6 heteroatoms. The molecule has 3 aromatic rings. The summed E-state index contributed by atoms with van der Waals surface area (Å²) in [5.74, 6) is -0.237. The second-order valence-corrected chi connectivity index (χ2v) is 6.45. The summed E-state index contributed by atoms with van der Waals surface area (Å²) in [6, 6.07) is 13.4. The van der Waals surface area contributed by atoms with Gasteiger partial charge in [-0.3, -0.25) is 4.79 Å². The molecule has 23 heavy (non-hydrogen) atoms. The zero-order chi connectivity index (χ0) is 16.2. The second-order valence-electron chi connectivity index (χ2n) is 4.74. The topological polar surface area (TPSA) is 39.2 Å². The number of ether oxygens (including phenoxy) is 1. The minimum Gasteiger partial charge on any atom is -0.425 e. The van der Waals surface area contributed by atoms with Gasteiger partial charge in [-0.1, -0.05) is 24.3 Å². The summed E-state index contributed by atoms with van der Waals surface area (Å²) in [6.07, 6.45) is 0.0626. The van der Waals surface area contributed by atoms with E-state index in [-0.39, 0.29) is 12.2 Å². The summed E-state index contributed by atoms with van der Waals surface area (Å²) in [5, 5.41) is 2.45. The first kappa shape index (κ1) is 15.8. The van der Waals surface area contributed by atoms with Gasteiger partial charge in [0.25, 0.3) is 0 Å². The quantitative estimate of drug-likeness (QED) is 0.470. The lowest BCUT2D eigenvalue weighted by atomic mass is 10.2. The fourth-order valence-corrected chi connectivity index (χ4v) is 3.16. The molecule has 0 N–H and O–H groups in total. The smallest absolute Gasteiger partial charge is 0.317 e. The lowest BCUT2D eigenvalue weighted by molar-refractivity contribution is -0.133. The summed E-state index contributed by atoms with van der Waals surface area (Å²) >= 11 is 4.69. The van der Waals surface area contributed by atoms with Crippen LogP contribution in [0, 0.1) is 5.82 Å². The van der Waals surface area contributed by atoms with Crippen LogP contribution >= 0.6 is 27.3 Å². The van der Waals surface area contributed by atoms with Crippen LogP contribution in [0.1, 0.15) is 5.69 Å². The number of hydrogen-bond donors (Lipinski definition) is 0. The highest BCUT2D eigenvalue weighted by molar-refractivity contribution is 9.10. The number of carbonyl (C=O) groups excluding carboxylic acids is 1. The Hall–Kier alpha value is -2.05. The number of thiazole rings is 1. The molecule has 0 atom stereocenters. The Morgan fingerprint density at radius 1 is 1.22 bits per heavy atom. The molecule has 0 bridgehead atoms. The third-order valence-electron chi connectivity index (χ3n) is 3.01. The van der Waals surface area contributed by atoms with Gasteiger partial charge in [0.15, 0.2) is 0 Å². The molecule has 0 aliphatic carbocycles. The van der Waals surface area contributed by atoms with Crippen LogP contribution in [0.15, 0.2) is 58.4 Å². The molecule has 2 aromatic carbocycles. The molecule has 116 valence electrons. The third-order valence-corrected chi connectivity index (χ3v) is 4.60. The van der Waals surface area contributed by atoms with Gasteiger partial charge in [-0.25, -0.2) is 9.37 Å². The zero-order valence-corrected chi connectivity index (χ0v) is 14.2. The molecule has 1 aromatic heterocycles. The summed E-state index contributed by atoms with van der Waals surface area (Å²) in [4.78, 5) is 16.4. The molecule has 0 radical (unpaired) electrons. The monoisotopic (exact) mass is 391 g/mol. The largest absolute Gasteiger partial charge is 0.425 e. The average Bonchev–Trinajstić information content (AvgIpc) is 2.98. The van der Waals surface area contributed by atoms with E-state index < -0.39 is 5.97 Å². The van der Waals surface area contributed by atoms with Gasteiger partial charge in [-0.15, -0.1) is 11.3 Å². The van der Waals surface area contributed by atoms with Crippen LogP contribution in [0.25, 0.3) is 10.6 Å². The van der Waals surface area contributed by atoms with E-state index >= 15 is 0 Å². The van der Waals surface area contributed by atoms with Crippen molar-refractivity contribution in [2.24, 2.45) is 0 Å². The minimum atomic E-state index is -0.395. The highest BCUT2D eigenvalue weighted by atomic mass is 79.9. The molecule has 0 saturated carbocycles. The molecule has 0 saturated heterocycles. The van der Waals surface area contributed by atoms with Crippen molar-refractivity contribution in [1.29, 1.82) is 0 Å². The molecule has 0 fully saturated rings. The van der Waals surface area contributed by atoms with Gasteiger partial charge < -0.3 is 4.74 Å². The molecule has 0 amide bonds. The highest BCUT2D eigenvalue weighted by Crippen LogP contribution is 2.26. The van der Waals surface area contributed by atoms with E-state index in [0.29, 0.717) is 26.5 Å². The van der Waals surface area contributed by atoms with Crippen LogP contribution in [-0.4, -0.2) is 11.0 Å². The number of hydrogen-bond acceptors (Lipinski definition) is 4. The molecule has 0 aliphatic rings. The molecule has 0 spiro atoms. The first-order valence-corrected chi connectivity index (χ1v) is 8.44. The Balaban J connectivity index is 1.69. The minimum absolute atomic E-state index is 0.0626. The van der Waals surface area contributed by atoms with Gasteiger partial charge in [0.05, 0.1) is 16.6 Å². The van der Waals surface area contributed by atoms with Gasteiger partial charge in [-0.05, 0) is 40.2 Å². The van der Waals surface area contributed by atoms with Gasteiger partial charge >= 0.3 is 5.97 Å². The van der Waals surface area contributed by atoms with E-state index in [9.17, 15) is 9.18 Å². The molecule has 0 unspecified atom stereocenters. The fourth-order valence-electron chi connectivity index (χ4n) is 1.98. The predicted molar refractivity (Wildman–Crippen MR) is 91.0 cm³/mol. The normalized spacial score (nSPS) is 10.5.